The van der Waals surface area contributed by atoms with Crippen molar-refractivity contribution in [3.05, 3.63) is 72.7 Å². The number of para-hydroxylation sites is 1. The zero-order chi connectivity index (χ0) is 25.1. The van der Waals surface area contributed by atoms with Crippen LogP contribution in [-0.2, 0) is 11.8 Å². The molecule has 7 nitrogen and oxygen atoms in total. The van der Waals surface area contributed by atoms with Crippen molar-refractivity contribution in [1.82, 2.24) is 24.6 Å². The van der Waals surface area contributed by atoms with Gasteiger partial charge in [0.1, 0.15) is 11.5 Å². The number of hydrogen-bond donors (Lipinski definition) is 1. The number of fused-ring (bicyclic) bond motifs is 2. The van der Waals surface area contributed by atoms with Crippen molar-refractivity contribution in [1.29, 1.82) is 0 Å². The van der Waals surface area contributed by atoms with Crippen LogP contribution in [-0.4, -0.2) is 43.9 Å². The molecule has 0 radical (unpaired) electrons. The minimum Gasteiger partial charge on any atom is -0.356 e. The van der Waals surface area contributed by atoms with E-state index in [0.29, 0.717) is 6.42 Å². The van der Waals surface area contributed by atoms with E-state index in [1.54, 1.807) is 0 Å². The Hall–Kier alpha value is -4.13. The molecule has 7 heteroatoms. The third-order valence-electron chi connectivity index (χ3n) is 8.23. The molecule has 0 unspecified atom stereocenters. The molecule has 2 aliphatic rings. The number of nitrogens with one attached hydrogen (secondary N) is 1. The number of carbonyl (C=O) groups is 1. The van der Waals surface area contributed by atoms with E-state index >= 15 is 0 Å². The number of amides is 1. The first kappa shape index (κ1) is 22.1. The quantitative estimate of drug-likeness (QED) is 0.380. The Morgan fingerprint density at radius 3 is 2.54 bits per heavy atom. The number of carbonyl (C=O) groups excluding carboxylic acids is 1. The van der Waals surface area contributed by atoms with Gasteiger partial charge in [0.2, 0.25) is 5.91 Å². The molecule has 1 amide bonds. The van der Waals surface area contributed by atoms with Crippen molar-refractivity contribution < 1.29 is 4.79 Å². The van der Waals surface area contributed by atoms with E-state index in [1.165, 1.54) is 16.3 Å². The van der Waals surface area contributed by atoms with Crippen LogP contribution in [0.25, 0.3) is 38.6 Å². The summed E-state index contributed by atoms with van der Waals surface area (Å²) in [6, 6.07) is 17.0. The summed E-state index contributed by atoms with van der Waals surface area (Å²) < 4.78 is 4.14. The summed E-state index contributed by atoms with van der Waals surface area (Å²) in [6.45, 7) is 3.95. The van der Waals surface area contributed by atoms with Crippen LogP contribution in [0.4, 0.5) is 5.82 Å². The molecule has 2 saturated heterocycles. The fraction of sp³-hybridized carbons (Fsp3) is 0.300. The van der Waals surface area contributed by atoms with Crippen LogP contribution in [0.5, 0.6) is 0 Å². The van der Waals surface area contributed by atoms with Gasteiger partial charge in [0.15, 0.2) is 0 Å². The largest absolute Gasteiger partial charge is 0.356 e. The molecule has 1 spiro atoms. The van der Waals surface area contributed by atoms with Gasteiger partial charge in [0, 0.05) is 60.8 Å². The second-order valence-electron chi connectivity index (χ2n) is 10.7. The highest BCUT2D eigenvalue weighted by atomic mass is 16.2. The Morgan fingerprint density at radius 2 is 1.78 bits per heavy atom. The molecular weight excluding hydrogens is 460 g/mol. The van der Waals surface area contributed by atoms with Gasteiger partial charge in [-0.05, 0) is 49.3 Å². The highest BCUT2D eigenvalue weighted by Gasteiger charge is 2.40. The average molecular weight is 491 g/mol. The molecule has 3 aromatic heterocycles. The molecule has 2 aromatic carbocycles. The molecule has 0 bridgehead atoms. The van der Waals surface area contributed by atoms with E-state index in [9.17, 15) is 4.79 Å². The van der Waals surface area contributed by atoms with Crippen LogP contribution in [0.15, 0.2) is 67.1 Å². The number of rotatable bonds is 3. The minimum absolute atomic E-state index is 0.00294. The number of hydrogen-bond acceptors (Lipinski definition) is 4. The topological polar surface area (TPSA) is 68.0 Å². The van der Waals surface area contributed by atoms with Gasteiger partial charge in [-0.25, -0.2) is 9.67 Å². The Labute approximate surface area is 215 Å². The first-order valence-corrected chi connectivity index (χ1v) is 13.1. The predicted molar refractivity (Wildman–Crippen MR) is 147 cm³/mol. The third kappa shape index (κ3) is 3.60. The molecule has 0 aliphatic carbocycles. The second kappa shape index (κ2) is 8.20. The van der Waals surface area contributed by atoms with Gasteiger partial charge in [-0.15, -0.1) is 0 Å². The standard InChI is InChI=1S/C30H30N6O/c1-20-5-3-8-24-28(23-7-4-6-21-18-34(2)19-25(21)23)33-36(29(20)24)22-9-10-26(31-17-22)35-15-13-30(14-16-35)12-11-27(37)32-30/h3-10,17-19H,11-16H2,1-2H3,(H,32,37). The zero-order valence-electron chi connectivity index (χ0n) is 21.2. The maximum atomic E-state index is 11.8. The van der Waals surface area contributed by atoms with E-state index in [4.69, 9.17) is 10.1 Å². The van der Waals surface area contributed by atoms with Crippen molar-refractivity contribution in [3.63, 3.8) is 0 Å². The first-order chi connectivity index (χ1) is 18.0. The summed E-state index contributed by atoms with van der Waals surface area (Å²) in [7, 11) is 2.06. The van der Waals surface area contributed by atoms with Gasteiger partial charge in [-0.1, -0.05) is 36.4 Å². The lowest BCUT2D eigenvalue weighted by atomic mass is 9.86. The van der Waals surface area contributed by atoms with Gasteiger partial charge >= 0.3 is 0 Å². The molecular formula is C30H30N6O. The molecule has 1 N–H and O–H groups in total. The van der Waals surface area contributed by atoms with Crippen molar-refractivity contribution >= 4 is 33.4 Å². The molecule has 37 heavy (non-hydrogen) atoms. The molecule has 2 fully saturated rings. The van der Waals surface area contributed by atoms with Gasteiger partial charge in [-0.2, -0.15) is 5.10 Å². The smallest absolute Gasteiger partial charge is 0.220 e. The average Bonchev–Trinajstić information content (AvgIpc) is 3.59. The number of aromatic nitrogens is 4. The molecule has 7 rings (SSSR count). The first-order valence-electron chi connectivity index (χ1n) is 13.1. The fourth-order valence-electron chi connectivity index (χ4n) is 6.23. The van der Waals surface area contributed by atoms with Crippen LogP contribution in [0.1, 0.15) is 31.2 Å². The predicted octanol–water partition coefficient (Wildman–Crippen LogP) is 5.14. The van der Waals surface area contributed by atoms with E-state index in [0.717, 1.165) is 66.0 Å². The number of nitrogens with zero attached hydrogens (tertiary/aromatic N) is 5. The van der Waals surface area contributed by atoms with Crippen LogP contribution >= 0.6 is 0 Å². The summed E-state index contributed by atoms with van der Waals surface area (Å²) in [4.78, 5) is 19.0. The summed E-state index contributed by atoms with van der Waals surface area (Å²) >= 11 is 0. The SMILES string of the molecule is Cc1cccc2c(-c3cccc4cn(C)cc34)nn(-c3ccc(N4CCC5(CCC(=O)N5)CC4)nc3)c12. The summed E-state index contributed by atoms with van der Waals surface area (Å²) in [5.74, 6) is 1.17. The van der Waals surface area contributed by atoms with E-state index in [2.05, 4.69) is 89.7 Å². The molecule has 5 aromatic rings. The number of aryl methyl sites for hydroxylation is 2. The van der Waals surface area contributed by atoms with E-state index in [1.807, 2.05) is 10.9 Å². The molecule has 5 heterocycles. The monoisotopic (exact) mass is 490 g/mol. The third-order valence-corrected chi connectivity index (χ3v) is 8.23. The number of anilines is 1. The Morgan fingerprint density at radius 1 is 0.946 bits per heavy atom. The van der Waals surface area contributed by atoms with E-state index in [-0.39, 0.29) is 11.4 Å². The molecule has 2 aliphatic heterocycles. The highest BCUT2D eigenvalue weighted by molar-refractivity contribution is 6.04. The van der Waals surface area contributed by atoms with Crippen molar-refractivity contribution in [3.8, 4) is 16.9 Å². The van der Waals surface area contributed by atoms with E-state index < -0.39 is 0 Å². The Kier molecular flexibility index (Phi) is 4.90. The number of piperidine rings is 1. The van der Waals surface area contributed by atoms with Crippen molar-refractivity contribution in [2.24, 2.45) is 7.05 Å². The summed E-state index contributed by atoms with van der Waals surface area (Å²) in [5, 5.41) is 11.9. The number of pyridine rings is 1. The molecule has 186 valence electrons. The van der Waals surface area contributed by atoms with Gasteiger partial charge in [-0.3, -0.25) is 4.79 Å². The van der Waals surface area contributed by atoms with Crippen LogP contribution < -0.4 is 10.2 Å². The Balaban J connectivity index is 1.24. The number of benzene rings is 2. The minimum atomic E-state index is -0.00294. The molecule has 0 atom stereocenters. The Bertz CT molecular complexity index is 1650. The highest BCUT2D eigenvalue weighted by Crippen LogP contribution is 2.36. The maximum absolute atomic E-state index is 11.8. The lowest BCUT2D eigenvalue weighted by Crippen LogP contribution is -2.51. The summed E-state index contributed by atoms with van der Waals surface area (Å²) in [6.07, 6.45) is 9.81. The zero-order valence-corrected chi connectivity index (χ0v) is 21.2. The van der Waals surface area contributed by atoms with Crippen LogP contribution in [0, 0.1) is 6.92 Å². The second-order valence-corrected chi connectivity index (χ2v) is 10.7. The normalized spacial score (nSPS) is 17.2. The van der Waals surface area contributed by atoms with Gasteiger partial charge in [0.05, 0.1) is 17.4 Å². The van der Waals surface area contributed by atoms with Gasteiger partial charge < -0.3 is 14.8 Å². The fourth-order valence-corrected chi connectivity index (χ4v) is 6.23. The van der Waals surface area contributed by atoms with Crippen molar-refractivity contribution in [2.45, 2.75) is 38.1 Å². The maximum Gasteiger partial charge on any atom is 0.220 e. The van der Waals surface area contributed by atoms with Crippen molar-refractivity contribution in [2.75, 3.05) is 18.0 Å². The molecule has 0 saturated carbocycles. The van der Waals surface area contributed by atoms with Crippen LogP contribution in [0.3, 0.4) is 0 Å². The van der Waals surface area contributed by atoms with Crippen LogP contribution in [0.2, 0.25) is 0 Å². The summed E-state index contributed by atoms with van der Waals surface area (Å²) in [5.41, 5.74) is 5.36. The van der Waals surface area contributed by atoms with Gasteiger partial charge in [0.25, 0.3) is 0 Å². The lowest BCUT2D eigenvalue weighted by molar-refractivity contribution is -0.119. The lowest BCUT2D eigenvalue weighted by Gasteiger charge is -2.39.